The second-order valence-corrected chi connectivity index (χ2v) is 16.8. The fraction of sp³-hybridized carbons (Fsp3) is 0.487. The molecule has 6 atom stereocenters. The Hall–Kier alpha value is -3.89. The van der Waals surface area contributed by atoms with E-state index in [0.29, 0.717) is 36.0 Å². The smallest absolute Gasteiger partial charge is 0.286 e. The molecule has 2 aliphatic carbocycles. The van der Waals surface area contributed by atoms with Crippen LogP contribution in [0.25, 0.3) is 0 Å². The fourth-order valence-electron chi connectivity index (χ4n) is 8.37. The van der Waals surface area contributed by atoms with Crippen LogP contribution in [0.15, 0.2) is 71.4 Å². The van der Waals surface area contributed by atoms with Gasteiger partial charge in [0.2, 0.25) is 0 Å². The van der Waals surface area contributed by atoms with Crippen molar-refractivity contribution < 1.29 is 23.3 Å². The van der Waals surface area contributed by atoms with Crippen LogP contribution in [-0.2, 0) is 33.5 Å². The maximum absolute atomic E-state index is 14.4. The number of aryl methyl sites for hydroxylation is 3. The molecule has 9 nitrogen and oxygen atoms in total. The maximum Gasteiger partial charge on any atom is 0.286 e. The molecule has 1 aromatic heterocycles. The van der Waals surface area contributed by atoms with Crippen LogP contribution in [-0.4, -0.2) is 59.3 Å². The Morgan fingerprint density at radius 2 is 2.02 bits per heavy atom. The summed E-state index contributed by atoms with van der Waals surface area (Å²) in [5.41, 5.74) is 5.38. The Morgan fingerprint density at radius 1 is 1.16 bits per heavy atom. The van der Waals surface area contributed by atoms with Crippen molar-refractivity contribution in [3.05, 3.63) is 94.8 Å². The molecule has 4 aliphatic rings. The number of benzene rings is 2. The van der Waals surface area contributed by atoms with Gasteiger partial charge >= 0.3 is 0 Å². The molecule has 1 saturated carbocycles. The largest absolute Gasteiger partial charge is 0.490 e. The maximum atomic E-state index is 14.4. The lowest BCUT2D eigenvalue weighted by molar-refractivity contribution is 0.0131. The van der Waals surface area contributed by atoms with Crippen LogP contribution in [0.4, 0.5) is 5.69 Å². The number of methoxy groups -OCH3 is 1. The summed E-state index contributed by atoms with van der Waals surface area (Å²) in [5, 5.41) is 0. The first-order valence-corrected chi connectivity index (χ1v) is 19.3. The van der Waals surface area contributed by atoms with E-state index in [4.69, 9.17) is 9.47 Å². The summed E-state index contributed by atoms with van der Waals surface area (Å²) in [7, 11) is 0.114. The Labute approximate surface area is 290 Å². The van der Waals surface area contributed by atoms with E-state index in [1.165, 1.54) is 16.7 Å². The molecule has 3 aromatic rings. The van der Waals surface area contributed by atoms with Gasteiger partial charge in [-0.3, -0.25) is 14.3 Å². The SMILES string of the molecule is CO[C@H]1/C=C/C[C@H](C)CS(=O)(NC(=O)c2ccn(C)c2)=NC(=O)c2ccc3c(c2)N(C[C@@H]2CC[C@H]21)C[C@@]1(CCCc2cc(C)ccc21)CO3. The van der Waals surface area contributed by atoms with Crippen LogP contribution in [0.3, 0.4) is 0 Å². The predicted molar refractivity (Wildman–Crippen MR) is 193 cm³/mol. The second kappa shape index (κ2) is 13.4. The molecule has 1 spiro atoms. The standard InChI is InChI=1S/C39H48N4O5S/c1-26-10-14-33-28(19-26)8-6-17-39(33)24-43-22-30-11-13-32(30)35(47-4)9-5-7-27(2)23-49(46,41-38(45)31-16-18-42(3)21-31)40-37(44)29-12-15-36(48-25-39)34(43)20-29/h5,9-10,12,14-16,18-21,27,30,32,35H,6-8,11,13,17,22-25H2,1-4H3,(H,40,41,44,45,46)/b9-5+/t27-,30-,32+,35-,39-,49?/m0/s1. The Morgan fingerprint density at radius 3 is 2.78 bits per heavy atom. The number of aromatic nitrogens is 1. The lowest BCUT2D eigenvalue weighted by Gasteiger charge is -2.46. The average Bonchev–Trinajstić information content (AvgIpc) is 3.43. The molecule has 2 bridgehead atoms. The van der Waals surface area contributed by atoms with E-state index >= 15 is 0 Å². The van der Waals surface area contributed by atoms with Crippen LogP contribution in [0.2, 0.25) is 0 Å². The fourth-order valence-corrected chi connectivity index (χ4v) is 10.3. The van der Waals surface area contributed by atoms with Crippen molar-refractivity contribution in [1.29, 1.82) is 0 Å². The summed E-state index contributed by atoms with van der Waals surface area (Å²) in [4.78, 5) is 29.6. The van der Waals surface area contributed by atoms with Gasteiger partial charge in [0.1, 0.15) is 15.7 Å². The van der Waals surface area contributed by atoms with Crippen molar-refractivity contribution in [3.63, 3.8) is 0 Å². The number of amides is 2. The van der Waals surface area contributed by atoms with E-state index in [0.717, 1.165) is 56.6 Å². The van der Waals surface area contributed by atoms with Gasteiger partial charge in [0, 0.05) is 50.6 Å². The molecule has 0 saturated heterocycles. The van der Waals surface area contributed by atoms with Crippen molar-refractivity contribution in [1.82, 2.24) is 9.29 Å². The monoisotopic (exact) mass is 684 g/mol. The third-order valence-corrected chi connectivity index (χ3v) is 13.0. The molecule has 2 aromatic carbocycles. The Bertz CT molecular complexity index is 1910. The number of hydrogen-bond acceptors (Lipinski definition) is 6. The van der Waals surface area contributed by atoms with E-state index in [1.54, 1.807) is 36.2 Å². The van der Waals surface area contributed by atoms with Gasteiger partial charge in [-0.1, -0.05) is 42.8 Å². The zero-order valence-electron chi connectivity index (χ0n) is 29.0. The van der Waals surface area contributed by atoms with Crippen molar-refractivity contribution in [2.24, 2.45) is 29.2 Å². The van der Waals surface area contributed by atoms with E-state index in [1.807, 2.05) is 26.1 Å². The zero-order valence-corrected chi connectivity index (χ0v) is 29.8. The Balaban J connectivity index is 1.31. The quantitative estimate of drug-likeness (QED) is 0.321. The topological polar surface area (TPSA) is 102 Å². The number of nitrogens with one attached hydrogen (secondary N) is 1. The summed E-state index contributed by atoms with van der Waals surface area (Å²) < 4.78 is 35.8. The van der Waals surface area contributed by atoms with Crippen LogP contribution in [0.1, 0.15) is 76.4 Å². The first-order valence-electron chi connectivity index (χ1n) is 17.6. The molecule has 3 heterocycles. The number of allylic oxidation sites excluding steroid dienone is 1. The molecule has 7 rings (SSSR count). The van der Waals surface area contributed by atoms with Gasteiger partial charge in [-0.2, -0.15) is 0 Å². The third kappa shape index (κ3) is 6.82. The van der Waals surface area contributed by atoms with E-state index in [-0.39, 0.29) is 23.2 Å². The molecular formula is C39H48N4O5S. The highest BCUT2D eigenvalue weighted by atomic mass is 32.2. The molecule has 10 heteroatoms. The number of fused-ring (bicyclic) bond motifs is 4. The van der Waals surface area contributed by atoms with Gasteiger partial charge in [-0.15, -0.1) is 4.36 Å². The van der Waals surface area contributed by atoms with Crippen molar-refractivity contribution >= 4 is 27.4 Å². The lowest BCUT2D eigenvalue weighted by atomic mass is 9.68. The first-order chi connectivity index (χ1) is 23.5. The summed E-state index contributed by atoms with van der Waals surface area (Å²) in [6.07, 6.45) is 13.6. The molecule has 49 heavy (non-hydrogen) atoms. The minimum Gasteiger partial charge on any atom is -0.490 e. The summed E-state index contributed by atoms with van der Waals surface area (Å²) in [6.45, 7) is 6.25. The number of carbonyl (C=O) groups is 2. The second-order valence-electron chi connectivity index (χ2n) is 14.8. The van der Waals surface area contributed by atoms with Crippen LogP contribution in [0.5, 0.6) is 5.75 Å². The molecular weight excluding hydrogens is 637 g/mol. The van der Waals surface area contributed by atoms with Gasteiger partial charge in [-0.05, 0) is 98.6 Å². The number of hydrogen-bond donors (Lipinski definition) is 1. The van der Waals surface area contributed by atoms with E-state index in [9.17, 15) is 13.8 Å². The number of nitrogens with zero attached hydrogens (tertiary/aromatic N) is 3. The number of rotatable bonds is 3. The van der Waals surface area contributed by atoms with Gasteiger partial charge in [0.15, 0.2) is 0 Å². The average molecular weight is 685 g/mol. The molecule has 260 valence electrons. The molecule has 2 aliphatic heterocycles. The Kier molecular flexibility index (Phi) is 9.21. The van der Waals surface area contributed by atoms with Gasteiger partial charge in [0.25, 0.3) is 11.8 Å². The number of anilines is 1. The number of ether oxygens (including phenoxy) is 2. The summed E-state index contributed by atoms with van der Waals surface area (Å²) >= 11 is 0. The van der Waals surface area contributed by atoms with Gasteiger partial charge < -0.3 is 18.9 Å². The van der Waals surface area contributed by atoms with Gasteiger partial charge in [0.05, 0.1) is 29.7 Å². The minimum atomic E-state index is -3.47. The highest BCUT2D eigenvalue weighted by molar-refractivity contribution is 7.92. The summed E-state index contributed by atoms with van der Waals surface area (Å²) in [5.74, 6) is 0.294. The zero-order chi connectivity index (χ0) is 34.3. The number of carbonyl (C=O) groups excluding carboxylic acids is 2. The van der Waals surface area contributed by atoms with Crippen LogP contribution in [0, 0.1) is 24.7 Å². The van der Waals surface area contributed by atoms with Crippen LogP contribution >= 0.6 is 0 Å². The van der Waals surface area contributed by atoms with E-state index < -0.39 is 21.7 Å². The normalized spacial score (nSPS) is 30.5. The third-order valence-electron chi connectivity index (χ3n) is 11.1. The summed E-state index contributed by atoms with van der Waals surface area (Å²) in [6, 6.07) is 13.9. The predicted octanol–water partition coefficient (Wildman–Crippen LogP) is 6.40. The molecule has 1 fully saturated rings. The highest BCUT2D eigenvalue weighted by Gasteiger charge is 2.44. The van der Waals surface area contributed by atoms with Crippen molar-refractivity contribution in [3.8, 4) is 5.75 Å². The highest BCUT2D eigenvalue weighted by Crippen LogP contribution is 2.47. The van der Waals surface area contributed by atoms with Gasteiger partial charge in [-0.25, -0.2) is 4.21 Å². The first kappa shape index (κ1) is 33.6. The lowest BCUT2D eigenvalue weighted by Crippen LogP contribution is -2.49. The molecule has 2 amide bonds. The molecule has 1 unspecified atom stereocenters. The van der Waals surface area contributed by atoms with Crippen molar-refractivity contribution in [2.45, 2.75) is 63.9 Å². The van der Waals surface area contributed by atoms with E-state index in [2.05, 4.69) is 51.3 Å². The molecule has 1 N–H and O–H groups in total. The van der Waals surface area contributed by atoms with Crippen molar-refractivity contribution in [2.75, 3.05) is 37.5 Å². The molecule has 0 radical (unpaired) electrons. The van der Waals surface area contributed by atoms with Crippen LogP contribution < -0.4 is 14.4 Å². The minimum absolute atomic E-state index is 0.0337.